The molecule has 2 aliphatic heterocycles. The molecule has 2 saturated heterocycles. The third kappa shape index (κ3) is 11.4. The van der Waals surface area contributed by atoms with Gasteiger partial charge in [-0.1, -0.05) is 66.2 Å². The van der Waals surface area contributed by atoms with Gasteiger partial charge in [-0.2, -0.15) is 35.0 Å². The van der Waals surface area contributed by atoms with E-state index in [-0.39, 0.29) is 31.1 Å². The van der Waals surface area contributed by atoms with E-state index in [1.165, 1.54) is 67.4 Å². The first-order valence-electron chi connectivity index (χ1n) is 20.5. The van der Waals surface area contributed by atoms with Gasteiger partial charge in [0.25, 0.3) is 0 Å². The zero-order valence-corrected chi connectivity index (χ0v) is 38.9. The van der Waals surface area contributed by atoms with Gasteiger partial charge in [0.05, 0.1) is 32.3 Å². The van der Waals surface area contributed by atoms with Crippen molar-refractivity contribution in [3.05, 3.63) is 152 Å². The molecule has 0 bridgehead atoms. The van der Waals surface area contributed by atoms with Crippen LogP contribution in [0.3, 0.4) is 0 Å². The Morgan fingerprint density at radius 2 is 1.08 bits per heavy atom. The summed E-state index contributed by atoms with van der Waals surface area (Å²) in [5.41, 5.74) is 5.91. The predicted molar refractivity (Wildman–Crippen MR) is 242 cm³/mol. The zero-order valence-electron chi connectivity index (χ0n) is 35.6. The van der Waals surface area contributed by atoms with Gasteiger partial charge < -0.3 is 9.80 Å². The number of aryl methyl sites for hydroxylation is 3. The van der Waals surface area contributed by atoms with Gasteiger partial charge in [-0.05, 0) is 73.4 Å². The molecule has 346 valence electrons. The minimum atomic E-state index is -4.73. The monoisotopic (exact) mass is 976 g/mol. The molecular formula is C45H46F6N6O4S4. The molecule has 0 atom stereocenters. The fourth-order valence-corrected chi connectivity index (χ4v) is 12.7. The fourth-order valence-electron chi connectivity index (χ4n) is 7.81. The number of halogens is 6. The van der Waals surface area contributed by atoms with Gasteiger partial charge in [0.1, 0.15) is 0 Å². The van der Waals surface area contributed by atoms with Crippen LogP contribution in [0.2, 0.25) is 0 Å². The Morgan fingerprint density at radius 1 is 0.569 bits per heavy atom. The van der Waals surface area contributed by atoms with E-state index in [2.05, 4.69) is 37.9 Å². The van der Waals surface area contributed by atoms with Crippen LogP contribution in [0.4, 0.5) is 36.6 Å². The van der Waals surface area contributed by atoms with E-state index >= 15 is 0 Å². The van der Waals surface area contributed by atoms with E-state index in [1.807, 2.05) is 50.9 Å². The lowest BCUT2D eigenvalue weighted by molar-refractivity contribution is -0.140. The topological polar surface area (TPSA) is 107 Å². The number of hydrogen-bond donors (Lipinski definition) is 0. The maximum atomic E-state index is 13.3. The minimum Gasteiger partial charge on any atom is -0.345 e. The van der Waals surface area contributed by atoms with Crippen molar-refractivity contribution in [2.24, 2.45) is 0 Å². The van der Waals surface area contributed by atoms with Gasteiger partial charge in [0.15, 0.2) is 10.3 Å². The third-order valence-corrected chi connectivity index (χ3v) is 16.9. The Morgan fingerprint density at radius 3 is 1.62 bits per heavy atom. The van der Waals surface area contributed by atoms with Crippen LogP contribution in [0, 0.1) is 20.8 Å². The van der Waals surface area contributed by atoms with Crippen molar-refractivity contribution >= 4 is 53.0 Å². The summed E-state index contributed by atoms with van der Waals surface area (Å²) >= 11 is 3.01. The average Bonchev–Trinajstić information content (AvgIpc) is 3.95. The summed E-state index contributed by atoms with van der Waals surface area (Å²) in [4.78, 5) is 12.4. The van der Waals surface area contributed by atoms with E-state index < -0.39 is 48.4 Å². The summed E-state index contributed by atoms with van der Waals surface area (Å²) in [6, 6.07) is 22.5. The van der Waals surface area contributed by atoms with E-state index in [1.54, 1.807) is 0 Å². The van der Waals surface area contributed by atoms with Crippen LogP contribution in [0.25, 0.3) is 0 Å². The molecule has 20 heteroatoms. The van der Waals surface area contributed by atoms with Crippen LogP contribution in [-0.4, -0.2) is 87.8 Å². The van der Waals surface area contributed by atoms with Gasteiger partial charge in [0.2, 0.25) is 20.0 Å². The lowest BCUT2D eigenvalue weighted by Crippen LogP contribution is -2.49. The Bertz CT molecular complexity index is 2800. The van der Waals surface area contributed by atoms with Gasteiger partial charge >= 0.3 is 12.4 Å². The number of anilines is 2. The van der Waals surface area contributed by atoms with Crippen LogP contribution >= 0.6 is 22.7 Å². The number of rotatable bonds is 10. The van der Waals surface area contributed by atoms with Crippen molar-refractivity contribution < 1.29 is 43.2 Å². The number of nitrogens with zero attached hydrogens (tertiary/aromatic N) is 6. The third-order valence-electron chi connectivity index (χ3n) is 11.1. The molecule has 10 nitrogen and oxygen atoms in total. The number of thiazole rings is 2. The normalized spacial score (nSPS) is 15.8. The molecule has 2 aliphatic rings. The maximum absolute atomic E-state index is 13.3. The SMILES string of the molecule is Cc1cc(C)c(Cc2csc(N3CCN(S(=O)(=O)c4cccc(C(F)(F)F)c4)CC3)n2)c(C)c1.O=S(=O)(c1ccccc1C(F)(F)F)N1CCN(c2nc(Cc3ccccc3)cs2)CC1. The number of piperazine rings is 2. The van der Waals surface area contributed by atoms with Crippen LogP contribution < -0.4 is 9.80 Å². The lowest BCUT2D eigenvalue weighted by Gasteiger charge is -2.34. The largest absolute Gasteiger partial charge is 0.417 e. The maximum Gasteiger partial charge on any atom is 0.417 e. The number of hydrogen-bond acceptors (Lipinski definition) is 10. The van der Waals surface area contributed by atoms with E-state index in [0.29, 0.717) is 38.7 Å². The second-order valence-corrected chi connectivity index (χ2v) is 21.3. The van der Waals surface area contributed by atoms with Crippen molar-refractivity contribution in [1.29, 1.82) is 0 Å². The highest BCUT2D eigenvalue weighted by Gasteiger charge is 2.40. The molecule has 0 N–H and O–H groups in total. The summed E-state index contributed by atoms with van der Waals surface area (Å²) in [5, 5.41) is 5.62. The molecular weight excluding hydrogens is 931 g/mol. The smallest absolute Gasteiger partial charge is 0.345 e. The molecule has 0 aliphatic carbocycles. The van der Waals surface area contributed by atoms with Gasteiger partial charge in [-0.25, -0.2) is 26.8 Å². The molecule has 2 fully saturated rings. The molecule has 0 amide bonds. The second-order valence-electron chi connectivity index (χ2n) is 15.8. The van der Waals surface area contributed by atoms with Crippen molar-refractivity contribution in [2.45, 2.75) is 55.8 Å². The molecule has 2 aromatic heterocycles. The Kier molecular flexibility index (Phi) is 14.5. The van der Waals surface area contributed by atoms with Crippen molar-refractivity contribution in [3.8, 4) is 0 Å². The molecule has 4 heterocycles. The molecule has 0 radical (unpaired) electrons. The number of benzene rings is 4. The van der Waals surface area contributed by atoms with Crippen LogP contribution in [0.5, 0.6) is 0 Å². The average molecular weight is 977 g/mol. The minimum absolute atomic E-state index is 0.0993. The Hall–Kier alpha value is -4.86. The summed E-state index contributed by atoms with van der Waals surface area (Å²) in [5.74, 6) is 0. The van der Waals surface area contributed by atoms with Crippen LogP contribution in [-0.2, 0) is 45.2 Å². The van der Waals surface area contributed by atoms with E-state index in [9.17, 15) is 43.2 Å². The summed E-state index contributed by atoms with van der Waals surface area (Å²) < 4.78 is 133. The molecule has 6 aromatic rings. The summed E-state index contributed by atoms with van der Waals surface area (Å²) in [7, 11) is -8.26. The summed E-state index contributed by atoms with van der Waals surface area (Å²) in [6.45, 7) is 8.44. The highest BCUT2D eigenvalue weighted by molar-refractivity contribution is 7.89. The van der Waals surface area contributed by atoms with E-state index in [0.717, 1.165) is 62.2 Å². The van der Waals surface area contributed by atoms with Gasteiger partial charge in [0, 0.05) is 76.0 Å². The first-order chi connectivity index (χ1) is 30.7. The first-order valence-corrected chi connectivity index (χ1v) is 25.2. The highest BCUT2D eigenvalue weighted by Crippen LogP contribution is 2.36. The van der Waals surface area contributed by atoms with Crippen LogP contribution in [0.1, 0.15) is 50.3 Å². The Labute approximate surface area is 382 Å². The molecule has 0 unspecified atom stereocenters. The van der Waals surface area contributed by atoms with Gasteiger partial charge in [-0.15, -0.1) is 22.7 Å². The Balaban J connectivity index is 0.000000195. The second kappa shape index (κ2) is 19.5. The molecule has 0 spiro atoms. The molecule has 8 rings (SSSR count). The molecule has 0 saturated carbocycles. The molecule has 4 aromatic carbocycles. The highest BCUT2D eigenvalue weighted by atomic mass is 32.2. The van der Waals surface area contributed by atoms with Crippen molar-refractivity contribution in [3.63, 3.8) is 0 Å². The standard InChI is InChI=1S/C24H26F3N3O2S2.C21H20F3N3O2S2/c1-16-11-17(2)22(18(3)12-16)14-20-15-33-23(28-20)29-7-9-30(10-8-29)34(31,32)21-6-4-5-19(13-21)24(25,26)27;22-21(23,24)18-8-4-5-9-19(18)31(28,29)27-12-10-26(11-13-27)20-25-17(15-30-20)14-16-6-2-1-3-7-16/h4-6,11-13,15H,7-10,14H2,1-3H3;1-9,15H,10-14H2. The summed E-state index contributed by atoms with van der Waals surface area (Å²) in [6.07, 6.45) is -7.89. The number of aromatic nitrogens is 2. The quantitative estimate of drug-likeness (QED) is 0.125. The lowest BCUT2D eigenvalue weighted by atomic mass is 9.96. The first kappa shape index (κ1) is 48.1. The predicted octanol–water partition coefficient (Wildman–Crippen LogP) is 9.45. The van der Waals surface area contributed by atoms with Crippen LogP contribution in [0.15, 0.2) is 112 Å². The van der Waals surface area contributed by atoms with Crippen molar-refractivity contribution in [1.82, 2.24) is 18.6 Å². The number of alkyl halides is 6. The van der Waals surface area contributed by atoms with E-state index in [4.69, 9.17) is 4.98 Å². The zero-order chi connectivity index (χ0) is 46.7. The number of sulfonamides is 2. The van der Waals surface area contributed by atoms with Gasteiger partial charge in [-0.3, -0.25) is 0 Å². The fraction of sp³-hybridized carbons (Fsp3) is 0.333. The van der Waals surface area contributed by atoms with Crippen molar-refractivity contribution in [2.75, 3.05) is 62.2 Å². The molecule has 65 heavy (non-hydrogen) atoms.